The normalized spacial score (nSPS) is 13.2. The van der Waals surface area contributed by atoms with E-state index in [9.17, 15) is 9.59 Å². The van der Waals surface area contributed by atoms with Gasteiger partial charge in [0.2, 0.25) is 6.79 Å². The molecule has 1 aliphatic heterocycles. The Balaban J connectivity index is 1.52. The van der Waals surface area contributed by atoms with Gasteiger partial charge in [0.25, 0.3) is 5.91 Å². The highest BCUT2D eigenvalue weighted by Gasteiger charge is 2.17. The van der Waals surface area contributed by atoms with Crippen molar-refractivity contribution in [2.75, 3.05) is 13.4 Å². The van der Waals surface area contributed by atoms with Crippen LogP contribution in [0.5, 0.6) is 17.2 Å². The first-order chi connectivity index (χ1) is 12.0. The molecule has 1 aliphatic rings. The number of aromatic carboxylic acids is 1. The van der Waals surface area contributed by atoms with Crippen LogP contribution in [0.2, 0.25) is 0 Å². The number of fused-ring (bicyclic) bond motifs is 1. The number of carboxylic acids is 1. The highest BCUT2D eigenvalue weighted by molar-refractivity contribution is 5.87. The van der Waals surface area contributed by atoms with Crippen molar-refractivity contribution in [1.82, 2.24) is 5.32 Å². The van der Waals surface area contributed by atoms with Crippen molar-refractivity contribution >= 4 is 11.9 Å². The summed E-state index contributed by atoms with van der Waals surface area (Å²) in [5.74, 6) is 0.481. The van der Waals surface area contributed by atoms with Crippen LogP contribution < -0.4 is 19.5 Å². The van der Waals surface area contributed by atoms with E-state index < -0.39 is 5.97 Å². The Bertz CT molecular complexity index is 787. The summed E-state index contributed by atoms with van der Waals surface area (Å²) in [6, 6.07) is 11.1. The van der Waals surface area contributed by atoms with Gasteiger partial charge in [0.15, 0.2) is 18.1 Å². The summed E-state index contributed by atoms with van der Waals surface area (Å²) >= 11 is 0. The molecule has 1 atom stereocenters. The minimum absolute atomic E-state index is 0.160. The van der Waals surface area contributed by atoms with E-state index in [1.54, 1.807) is 6.07 Å². The number of amides is 1. The Hall–Kier alpha value is -3.22. The van der Waals surface area contributed by atoms with Gasteiger partial charge in [-0.1, -0.05) is 6.07 Å². The van der Waals surface area contributed by atoms with Crippen LogP contribution in [-0.4, -0.2) is 30.4 Å². The molecule has 2 N–H and O–H groups in total. The van der Waals surface area contributed by atoms with Gasteiger partial charge in [-0.15, -0.1) is 0 Å². The summed E-state index contributed by atoms with van der Waals surface area (Å²) in [7, 11) is 0. The van der Waals surface area contributed by atoms with Gasteiger partial charge in [0, 0.05) is 0 Å². The average Bonchev–Trinajstić information content (AvgIpc) is 3.08. The predicted molar refractivity (Wildman–Crippen MR) is 88.0 cm³/mol. The SMILES string of the molecule is C[C@H](NC(=O)COc1ccc(C(=O)O)cc1)c1ccc2c(c1)OCO2. The van der Waals surface area contributed by atoms with Crippen LogP contribution in [0.4, 0.5) is 0 Å². The number of hydrogen-bond acceptors (Lipinski definition) is 5. The lowest BCUT2D eigenvalue weighted by Crippen LogP contribution is -2.31. The molecule has 7 nitrogen and oxygen atoms in total. The molecule has 0 spiro atoms. The zero-order valence-electron chi connectivity index (χ0n) is 13.5. The largest absolute Gasteiger partial charge is 0.484 e. The maximum absolute atomic E-state index is 12.0. The standard InChI is InChI=1S/C18H17NO6/c1-11(13-4-7-15-16(8-13)25-10-24-15)19-17(20)9-23-14-5-2-12(3-6-14)18(21)22/h2-8,11H,9-10H2,1H3,(H,19,20)(H,21,22)/t11-/m0/s1. The van der Waals surface area contributed by atoms with Gasteiger partial charge >= 0.3 is 5.97 Å². The molecule has 0 saturated heterocycles. The summed E-state index contributed by atoms with van der Waals surface area (Å²) in [5.41, 5.74) is 1.05. The maximum atomic E-state index is 12.0. The summed E-state index contributed by atoms with van der Waals surface area (Å²) in [6.07, 6.45) is 0. The first-order valence-electron chi connectivity index (χ1n) is 7.68. The smallest absolute Gasteiger partial charge is 0.335 e. The third-order valence-corrected chi connectivity index (χ3v) is 3.75. The number of carbonyl (C=O) groups is 2. The average molecular weight is 343 g/mol. The minimum atomic E-state index is -1.01. The van der Waals surface area contributed by atoms with Crippen LogP contribution in [-0.2, 0) is 4.79 Å². The Labute approximate surface area is 144 Å². The molecule has 0 radical (unpaired) electrons. The van der Waals surface area contributed by atoms with Gasteiger partial charge in [-0.3, -0.25) is 4.79 Å². The van der Waals surface area contributed by atoms with Gasteiger partial charge in [0.1, 0.15) is 5.75 Å². The fourth-order valence-electron chi connectivity index (χ4n) is 2.39. The second kappa shape index (κ2) is 7.12. The van der Waals surface area contributed by atoms with Crippen LogP contribution >= 0.6 is 0 Å². The fourth-order valence-corrected chi connectivity index (χ4v) is 2.39. The summed E-state index contributed by atoms with van der Waals surface area (Å²) in [4.78, 5) is 22.8. The zero-order chi connectivity index (χ0) is 17.8. The lowest BCUT2D eigenvalue weighted by Gasteiger charge is -2.15. The number of ether oxygens (including phenoxy) is 3. The molecule has 2 aromatic carbocycles. The van der Waals surface area contributed by atoms with E-state index in [0.29, 0.717) is 17.2 Å². The molecule has 0 unspecified atom stereocenters. The monoisotopic (exact) mass is 343 g/mol. The molecule has 1 heterocycles. The van der Waals surface area contributed by atoms with Gasteiger partial charge in [-0.2, -0.15) is 0 Å². The van der Waals surface area contributed by atoms with Crippen LogP contribution in [0.25, 0.3) is 0 Å². The Morgan fingerprint density at radius 1 is 1.16 bits per heavy atom. The van der Waals surface area contributed by atoms with Gasteiger partial charge in [0.05, 0.1) is 11.6 Å². The molecule has 130 valence electrons. The highest BCUT2D eigenvalue weighted by atomic mass is 16.7. The molecular formula is C18H17NO6. The summed E-state index contributed by atoms with van der Waals surface area (Å²) in [5, 5.41) is 11.7. The number of carbonyl (C=O) groups excluding carboxylic acids is 1. The van der Waals surface area contributed by atoms with Crippen molar-refractivity contribution in [1.29, 1.82) is 0 Å². The minimum Gasteiger partial charge on any atom is -0.484 e. The summed E-state index contributed by atoms with van der Waals surface area (Å²) < 4.78 is 15.9. The molecule has 3 rings (SSSR count). The van der Waals surface area contributed by atoms with Crippen molar-refractivity contribution in [3.05, 3.63) is 53.6 Å². The first kappa shape index (κ1) is 16.6. The van der Waals surface area contributed by atoms with Crippen molar-refractivity contribution in [3.8, 4) is 17.2 Å². The Morgan fingerprint density at radius 2 is 1.88 bits per heavy atom. The number of hydrogen-bond donors (Lipinski definition) is 2. The van der Waals surface area contributed by atoms with Gasteiger partial charge in [-0.25, -0.2) is 4.79 Å². The van der Waals surface area contributed by atoms with Gasteiger partial charge < -0.3 is 24.6 Å². The van der Waals surface area contributed by atoms with Crippen LogP contribution in [0.1, 0.15) is 28.9 Å². The number of nitrogens with one attached hydrogen (secondary N) is 1. The van der Waals surface area contributed by atoms with E-state index in [4.69, 9.17) is 19.3 Å². The van der Waals surface area contributed by atoms with Crippen molar-refractivity contribution in [3.63, 3.8) is 0 Å². The molecule has 0 aliphatic carbocycles. The van der Waals surface area contributed by atoms with Crippen LogP contribution in [0.3, 0.4) is 0 Å². The van der Waals surface area contributed by atoms with Crippen LogP contribution in [0, 0.1) is 0 Å². The van der Waals surface area contributed by atoms with E-state index in [1.165, 1.54) is 24.3 Å². The van der Waals surface area contributed by atoms with Crippen molar-refractivity contribution < 1.29 is 28.9 Å². The van der Waals surface area contributed by atoms with E-state index >= 15 is 0 Å². The zero-order valence-corrected chi connectivity index (χ0v) is 13.5. The number of carboxylic acid groups (broad SMARTS) is 1. The third-order valence-electron chi connectivity index (χ3n) is 3.75. The van der Waals surface area contributed by atoms with Gasteiger partial charge in [-0.05, 0) is 48.9 Å². The Kier molecular flexibility index (Phi) is 4.74. The topological polar surface area (TPSA) is 94.1 Å². The third kappa shape index (κ3) is 4.00. The molecule has 0 fully saturated rings. The lowest BCUT2D eigenvalue weighted by molar-refractivity contribution is -0.123. The maximum Gasteiger partial charge on any atom is 0.335 e. The van der Waals surface area contributed by atoms with E-state index in [-0.39, 0.29) is 30.9 Å². The van der Waals surface area contributed by atoms with E-state index in [1.807, 2.05) is 19.1 Å². The van der Waals surface area contributed by atoms with E-state index in [2.05, 4.69) is 5.32 Å². The second-order valence-corrected chi connectivity index (χ2v) is 5.52. The molecule has 0 bridgehead atoms. The predicted octanol–water partition coefficient (Wildman–Crippen LogP) is 2.37. The molecule has 25 heavy (non-hydrogen) atoms. The molecular weight excluding hydrogens is 326 g/mol. The molecule has 1 amide bonds. The first-order valence-corrected chi connectivity index (χ1v) is 7.68. The molecule has 0 aromatic heterocycles. The van der Waals surface area contributed by atoms with E-state index in [0.717, 1.165) is 5.56 Å². The van der Waals surface area contributed by atoms with Crippen molar-refractivity contribution in [2.45, 2.75) is 13.0 Å². The summed E-state index contributed by atoms with van der Waals surface area (Å²) in [6.45, 7) is 1.90. The molecule has 0 saturated carbocycles. The molecule has 7 heteroatoms. The van der Waals surface area contributed by atoms with Crippen molar-refractivity contribution in [2.24, 2.45) is 0 Å². The fraction of sp³-hybridized carbons (Fsp3) is 0.222. The second-order valence-electron chi connectivity index (χ2n) is 5.52. The number of rotatable bonds is 6. The lowest BCUT2D eigenvalue weighted by atomic mass is 10.1. The molecule has 2 aromatic rings. The van der Waals surface area contributed by atoms with Crippen LogP contribution in [0.15, 0.2) is 42.5 Å². The number of benzene rings is 2. The Morgan fingerprint density at radius 3 is 2.60 bits per heavy atom. The highest BCUT2D eigenvalue weighted by Crippen LogP contribution is 2.34. The quantitative estimate of drug-likeness (QED) is 0.836.